The highest BCUT2D eigenvalue weighted by molar-refractivity contribution is 7.90. The molecule has 0 saturated carbocycles. The van der Waals surface area contributed by atoms with Gasteiger partial charge in [-0.3, -0.25) is 0 Å². The predicted octanol–water partition coefficient (Wildman–Crippen LogP) is 4.57. The minimum Gasteiger partial charge on any atom is -0.407 e. The lowest BCUT2D eigenvalue weighted by Crippen LogP contribution is -2.66. The van der Waals surface area contributed by atoms with Crippen molar-refractivity contribution in [1.82, 2.24) is 4.31 Å². The smallest absolute Gasteiger partial charge is 0.261 e. The van der Waals surface area contributed by atoms with Gasteiger partial charge in [-0.1, -0.05) is 93.4 Å². The van der Waals surface area contributed by atoms with Crippen LogP contribution >= 0.6 is 0 Å². The molecule has 0 radical (unpaired) electrons. The summed E-state index contributed by atoms with van der Waals surface area (Å²) >= 11 is 0. The van der Waals surface area contributed by atoms with Crippen LogP contribution in [0, 0.1) is 12.3 Å². The maximum absolute atomic E-state index is 13.3. The molecule has 0 N–H and O–H groups in total. The Hall–Kier alpha value is -2.17. The summed E-state index contributed by atoms with van der Waals surface area (Å²) in [5.41, 5.74) is 0. The van der Waals surface area contributed by atoms with Gasteiger partial charge in [-0.15, -0.1) is 13.0 Å². The molecule has 1 unspecified atom stereocenters. The van der Waals surface area contributed by atoms with Gasteiger partial charge < -0.3 is 4.43 Å². The van der Waals surface area contributed by atoms with Crippen molar-refractivity contribution in [3.05, 3.63) is 73.3 Å². The van der Waals surface area contributed by atoms with Gasteiger partial charge in [0.25, 0.3) is 8.32 Å². The second kappa shape index (κ2) is 11.0. The van der Waals surface area contributed by atoms with Crippen molar-refractivity contribution in [3.8, 4) is 12.3 Å². The van der Waals surface area contributed by atoms with E-state index in [-0.39, 0.29) is 11.6 Å². The Morgan fingerprint density at radius 3 is 1.82 bits per heavy atom. The minimum atomic E-state index is -3.64. The van der Waals surface area contributed by atoms with Gasteiger partial charge in [-0.2, -0.15) is 4.31 Å². The summed E-state index contributed by atoms with van der Waals surface area (Å²) < 4.78 is 33.8. The molecule has 6 heteroatoms. The molecule has 34 heavy (non-hydrogen) atoms. The third kappa shape index (κ3) is 5.72. The molecule has 0 aliphatic rings. The van der Waals surface area contributed by atoms with Crippen LogP contribution in [0.25, 0.3) is 0 Å². The zero-order valence-electron chi connectivity index (χ0n) is 21.4. The molecule has 0 bridgehead atoms. The van der Waals surface area contributed by atoms with Gasteiger partial charge in [-0.25, -0.2) is 8.42 Å². The SMILES string of the molecule is C#CC(CCO[Si](c1ccccc1)(c1ccccc1)C(C)(C)C)N(CC=C)S(=O)(=O)C(C)(C)C. The number of terminal acetylenes is 1. The van der Waals surface area contributed by atoms with E-state index in [0.717, 1.165) is 0 Å². The summed E-state index contributed by atoms with van der Waals surface area (Å²) in [4.78, 5) is 0. The van der Waals surface area contributed by atoms with Crippen molar-refractivity contribution < 1.29 is 12.8 Å². The van der Waals surface area contributed by atoms with Gasteiger partial charge in [-0.05, 0) is 42.6 Å². The lowest BCUT2D eigenvalue weighted by molar-refractivity contribution is 0.258. The number of rotatable bonds is 10. The van der Waals surface area contributed by atoms with E-state index >= 15 is 0 Å². The van der Waals surface area contributed by atoms with Crippen molar-refractivity contribution in [2.75, 3.05) is 13.2 Å². The molecule has 2 aromatic rings. The zero-order chi connectivity index (χ0) is 25.6. The third-order valence-electron chi connectivity index (χ3n) is 6.06. The fourth-order valence-electron chi connectivity index (χ4n) is 4.27. The average Bonchev–Trinajstić information content (AvgIpc) is 2.78. The molecule has 0 heterocycles. The first-order chi connectivity index (χ1) is 15.8. The fourth-order valence-corrected chi connectivity index (χ4v) is 10.4. The van der Waals surface area contributed by atoms with Crippen LogP contribution in [0.4, 0.5) is 0 Å². The van der Waals surface area contributed by atoms with Crippen LogP contribution in [0.2, 0.25) is 5.04 Å². The molecule has 0 aliphatic carbocycles. The molecule has 0 spiro atoms. The van der Waals surface area contributed by atoms with Crippen LogP contribution in [0.15, 0.2) is 73.3 Å². The first-order valence-corrected chi connectivity index (χ1v) is 15.0. The predicted molar refractivity (Wildman–Crippen MR) is 146 cm³/mol. The van der Waals surface area contributed by atoms with Crippen LogP contribution in [-0.4, -0.2) is 45.0 Å². The molecule has 0 fully saturated rings. The zero-order valence-corrected chi connectivity index (χ0v) is 23.2. The van der Waals surface area contributed by atoms with Crippen LogP contribution in [0.1, 0.15) is 48.0 Å². The van der Waals surface area contributed by atoms with Gasteiger partial charge in [0.1, 0.15) is 0 Å². The Labute approximate surface area is 208 Å². The van der Waals surface area contributed by atoms with Crippen LogP contribution in [0.3, 0.4) is 0 Å². The Bertz CT molecular complexity index is 1040. The minimum absolute atomic E-state index is 0.160. The third-order valence-corrected chi connectivity index (χ3v) is 13.7. The summed E-state index contributed by atoms with van der Waals surface area (Å²) in [5, 5.41) is 2.19. The van der Waals surface area contributed by atoms with Crippen molar-refractivity contribution in [1.29, 1.82) is 0 Å². The van der Waals surface area contributed by atoms with Gasteiger partial charge in [0.15, 0.2) is 0 Å². The number of hydrogen-bond donors (Lipinski definition) is 0. The number of benzene rings is 2. The normalized spacial score (nSPS) is 13.9. The summed E-state index contributed by atoms with van der Waals surface area (Å²) in [6.45, 7) is 15.9. The van der Waals surface area contributed by atoms with Crippen molar-refractivity contribution in [2.45, 2.75) is 63.8 Å². The average molecular weight is 498 g/mol. The van der Waals surface area contributed by atoms with Crippen molar-refractivity contribution in [3.63, 3.8) is 0 Å². The molecule has 2 aromatic carbocycles. The van der Waals surface area contributed by atoms with E-state index < -0.39 is 29.1 Å². The Balaban J connectivity index is 2.46. The highest BCUT2D eigenvalue weighted by Gasteiger charge is 2.50. The maximum Gasteiger partial charge on any atom is 0.261 e. The highest BCUT2D eigenvalue weighted by atomic mass is 32.2. The summed E-state index contributed by atoms with van der Waals surface area (Å²) in [6.07, 6.45) is 7.84. The molecule has 0 amide bonds. The van der Waals surface area contributed by atoms with Gasteiger partial charge in [0.2, 0.25) is 10.0 Å². The molecular weight excluding hydrogens is 458 g/mol. The summed E-state index contributed by atoms with van der Waals surface area (Å²) in [6, 6.07) is 20.1. The van der Waals surface area contributed by atoms with E-state index in [0.29, 0.717) is 13.0 Å². The molecule has 0 saturated heterocycles. The summed E-state index contributed by atoms with van der Waals surface area (Å²) in [7, 11) is -6.36. The molecule has 184 valence electrons. The van der Waals surface area contributed by atoms with Crippen LogP contribution < -0.4 is 10.4 Å². The second-order valence-corrected chi connectivity index (χ2v) is 17.4. The molecule has 0 aliphatic heterocycles. The van der Waals surface area contributed by atoms with Crippen LogP contribution in [0.5, 0.6) is 0 Å². The lowest BCUT2D eigenvalue weighted by Gasteiger charge is -2.43. The molecule has 4 nitrogen and oxygen atoms in total. The molecule has 1 atom stereocenters. The monoisotopic (exact) mass is 497 g/mol. The Morgan fingerprint density at radius 2 is 1.47 bits per heavy atom. The lowest BCUT2D eigenvalue weighted by atomic mass is 10.2. The molecule has 0 aromatic heterocycles. The van der Waals surface area contributed by atoms with E-state index in [2.05, 4.69) is 57.5 Å². The van der Waals surface area contributed by atoms with Crippen molar-refractivity contribution >= 4 is 28.7 Å². The molecule has 2 rings (SSSR count). The summed E-state index contributed by atoms with van der Waals surface area (Å²) in [5.74, 6) is 2.70. The van der Waals surface area contributed by atoms with E-state index in [1.807, 2.05) is 36.4 Å². The Kier molecular flexibility index (Phi) is 9.12. The second-order valence-electron chi connectivity index (χ2n) is 10.5. The van der Waals surface area contributed by atoms with Gasteiger partial charge >= 0.3 is 0 Å². The maximum atomic E-state index is 13.3. The van der Waals surface area contributed by atoms with Gasteiger partial charge in [0, 0.05) is 13.2 Å². The van der Waals surface area contributed by atoms with E-state index in [1.165, 1.54) is 14.7 Å². The number of sulfonamides is 1. The topological polar surface area (TPSA) is 46.6 Å². The van der Waals surface area contributed by atoms with Gasteiger partial charge in [0.05, 0.1) is 10.8 Å². The van der Waals surface area contributed by atoms with E-state index in [4.69, 9.17) is 10.8 Å². The van der Waals surface area contributed by atoms with E-state index in [9.17, 15) is 8.42 Å². The number of hydrogen-bond acceptors (Lipinski definition) is 3. The van der Waals surface area contributed by atoms with Crippen molar-refractivity contribution in [2.24, 2.45) is 0 Å². The first-order valence-electron chi connectivity index (χ1n) is 11.7. The number of nitrogens with zero attached hydrogens (tertiary/aromatic N) is 1. The van der Waals surface area contributed by atoms with E-state index in [1.54, 1.807) is 26.8 Å². The molecular formula is C28H39NO3SSi. The highest BCUT2D eigenvalue weighted by Crippen LogP contribution is 2.37. The first kappa shape index (κ1) is 28.1. The standard InChI is InChI=1S/C28H39NO3SSi/c1-9-22-29(33(30,31)27(3,4)5)24(10-2)21-23-32-34(28(6,7)8,25-17-13-11-14-18-25)26-19-15-12-16-20-26/h2,9,11-20,24H,1,21-23H2,3-8H3. The Morgan fingerprint density at radius 1 is 1.00 bits per heavy atom. The largest absolute Gasteiger partial charge is 0.407 e. The fraction of sp³-hybridized carbons (Fsp3) is 0.429. The quantitative estimate of drug-likeness (QED) is 0.274. The van der Waals surface area contributed by atoms with Crippen LogP contribution in [-0.2, 0) is 14.4 Å².